The minimum atomic E-state index is 0.387. The third-order valence-corrected chi connectivity index (χ3v) is 3.14. The zero-order chi connectivity index (χ0) is 11.8. The molecule has 0 aromatic heterocycles. The van der Waals surface area contributed by atoms with Crippen molar-refractivity contribution in [1.29, 1.82) is 0 Å². The van der Waals surface area contributed by atoms with Gasteiger partial charge in [-0.1, -0.05) is 26.7 Å². The van der Waals surface area contributed by atoms with Gasteiger partial charge in [-0.05, 0) is 38.2 Å². The van der Waals surface area contributed by atoms with Crippen LogP contribution in [0.2, 0.25) is 0 Å². The Labute approximate surface area is 100 Å². The summed E-state index contributed by atoms with van der Waals surface area (Å²) in [7, 11) is 0. The lowest BCUT2D eigenvalue weighted by Crippen LogP contribution is -2.35. The van der Waals surface area contributed by atoms with Crippen molar-refractivity contribution in [3.05, 3.63) is 12.3 Å². The molecule has 2 unspecified atom stereocenters. The molecule has 2 nitrogen and oxygen atoms in total. The fraction of sp³-hybridized carbons (Fsp3) is 0.857. The minimum Gasteiger partial charge on any atom is -0.497 e. The number of hydrogen-bond acceptors (Lipinski definition) is 2. The maximum Gasteiger partial charge on any atom is 0.110 e. The summed E-state index contributed by atoms with van der Waals surface area (Å²) in [5, 5.41) is 3.57. The number of allylic oxidation sites excluding steroid dienone is 1. The summed E-state index contributed by atoms with van der Waals surface area (Å²) in [6.45, 7) is 7.85. The highest BCUT2D eigenvalue weighted by Crippen LogP contribution is 2.11. The quantitative estimate of drug-likeness (QED) is 0.716. The molecule has 1 N–H and O–H groups in total. The second kappa shape index (κ2) is 7.72. The highest BCUT2D eigenvalue weighted by atomic mass is 16.5. The van der Waals surface area contributed by atoms with Gasteiger partial charge < -0.3 is 10.1 Å². The Morgan fingerprint density at radius 1 is 1.31 bits per heavy atom. The van der Waals surface area contributed by atoms with Crippen molar-refractivity contribution in [2.24, 2.45) is 5.92 Å². The molecule has 0 fully saturated rings. The van der Waals surface area contributed by atoms with Gasteiger partial charge in [-0.2, -0.15) is 0 Å². The first kappa shape index (κ1) is 13.6. The van der Waals surface area contributed by atoms with Crippen LogP contribution in [0.15, 0.2) is 12.3 Å². The van der Waals surface area contributed by atoms with E-state index in [1.807, 2.05) is 6.26 Å². The van der Waals surface area contributed by atoms with Crippen molar-refractivity contribution in [3.63, 3.8) is 0 Å². The second-order valence-corrected chi connectivity index (χ2v) is 5.34. The molecule has 0 amide bonds. The Morgan fingerprint density at radius 3 is 2.75 bits per heavy atom. The normalized spacial score (nSPS) is 22.1. The Kier molecular flexibility index (Phi) is 6.55. The van der Waals surface area contributed by atoms with E-state index < -0.39 is 0 Å². The summed E-state index contributed by atoms with van der Waals surface area (Å²) in [6, 6.07) is 0.619. The fourth-order valence-electron chi connectivity index (χ4n) is 2.00. The van der Waals surface area contributed by atoms with Crippen LogP contribution < -0.4 is 5.32 Å². The van der Waals surface area contributed by atoms with E-state index in [1.165, 1.54) is 19.3 Å². The standard InChI is InChI=1S/C14H27NO/c1-12(2)7-6-8-13(3)15-11-14-9-4-5-10-16-14/h5,10,12-15H,4,6-9,11H2,1-3H3. The summed E-state index contributed by atoms with van der Waals surface area (Å²) in [5.74, 6) is 0.832. The molecular formula is C14H27NO. The van der Waals surface area contributed by atoms with E-state index in [0.29, 0.717) is 12.1 Å². The lowest BCUT2D eigenvalue weighted by molar-refractivity contribution is 0.119. The molecule has 0 saturated heterocycles. The Balaban J connectivity index is 2.01. The van der Waals surface area contributed by atoms with Crippen molar-refractivity contribution in [3.8, 4) is 0 Å². The monoisotopic (exact) mass is 225 g/mol. The maximum atomic E-state index is 5.53. The van der Waals surface area contributed by atoms with Crippen LogP contribution in [-0.2, 0) is 4.74 Å². The summed E-state index contributed by atoms with van der Waals surface area (Å²) in [4.78, 5) is 0. The van der Waals surface area contributed by atoms with E-state index in [9.17, 15) is 0 Å². The average Bonchev–Trinajstić information content (AvgIpc) is 2.27. The van der Waals surface area contributed by atoms with Crippen molar-refractivity contribution >= 4 is 0 Å². The molecule has 0 bridgehead atoms. The van der Waals surface area contributed by atoms with E-state index in [4.69, 9.17) is 4.74 Å². The number of ether oxygens (including phenoxy) is 1. The number of hydrogen-bond donors (Lipinski definition) is 1. The molecule has 2 atom stereocenters. The van der Waals surface area contributed by atoms with Gasteiger partial charge in [0.15, 0.2) is 0 Å². The Morgan fingerprint density at radius 2 is 2.12 bits per heavy atom. The fourth-order valence-corrected chi connectivity index (χ4v) is 2.00. The van der Waals surface area contributed by atoms with Crippen LogP contribution in [-0.4, -0.2) is 18.7 Å². The molecule has 0 saturated carbocycles. The van der Waals surface area contributed by atoms with E-state index in [0.717, 1.165) is 25.3 Å². The summed E-state index contributed by atoms with van der Waals surface area (Å²) in [5.41, 5.74) is 0. The highest BCUT2D eigenvalue weighted by molar-refractivity contribution is 4.83. The smallest absolute Gasteiger partial charge is 0.110 e. The van der Waals surface area contributed by atoms with Crippen LogP contribution in [0.25, 0.3) is 0 Å². The van der Waals surface area contributed by atoms with Crippen LogP contribution in [0.5, 0.6) is 0 Å². The van der Waals surface area contributed by atoms with Gasteiger partial charge in [0.25, 0.3) is 0 Å². The molecule has 2 heteroatoms. The zero-order valence-corrected chi connectivity index (χ0v) is 11.0. The van der Waals surface area contributed by atoms with Gasteiger partial charge in [0.2, 0.25) is 0 Å². The van der Waals surface area contributed by atoms with Crippen molar-refractivity contribution in [2.45, 2.75) is 65.0 Å². The largest absolute Gasteiger partial charge is 0.497 e. The number of nitrogens with one attached hydrogen (secondary N) is 1. The lowest BCUT2D eigenvalue weighted by Gasteiger charge is -2.22. The zero-order valence-electron chi connectivity index (χ0n) is 11.0. The molecule has 1 aliphatic heterocycles. The van der Waals surface area contributed by atoms with Crippen LogP contribution in [0.1, 0.15) is 52.9 Å². The minimum absolute atomic E-state index is 0.387. The second-order valence-electron chi connectivity index (χ2n) is 5.34. The topological polar surface area (TPSA) is 21.3 Å². The van der Waals surface area contributed by atoms with Gasteiger partial charge in [-0.25, -0.2) is 0 Å². The average molecular weight is 225 g/mol. The maximum absolute atomic E-state index is 5.53. The van der Waals surface area contributed by atoms with Crippen LogP contribution in [0.4, 0.5) is 0 Å². The Hall–Kier alpha value is -0.500. The number of rotatable bonds is 7. The molecule has 1 rings (SSSR count). The van der Waals surface area contributed by atoms with E-state index >= 15 is 0 Å². The summed E-state index contributed by atoms with van der Waals surface area (Å²) < 4.78 is 5.53. The van der Waals surface area contributed by atoms with Crippen molar-refractivity contribution in [2.75, 3.05) is 6.54 Å². The molecule has 1 aliphatic rings. The van der Waals surface area contributed by atoms with E-state index in [2.05, 4.69) is 32.2 Å². The third-order valence-electron chi connectivity index (χ3n) is 3.14. The summed E-state index contributed by atoms with van der Waals surface area (Å²) >= 11 is 0. The molecule has 16 heavy (non-hydrogen) atoms. The van der Waals surface area contributed by atoms with Gasteiger partial charge in [-0.15, -0.1) is 0 Å². The van der Waals surface area contributed by atoms with Crippen LogP contribution in [0, 0.1) is 5.92 Å². The molecule has 0 radical (unpaired) electrons. The van der Waals surface area contributed by atoms with E-state index in [-0.39, 0.29) is 0 Å². The predicted octanol–water partition coefficient (Wildman–Crippen LogP) is 3.48. The molecule has 0 aliphatic carbocycles. The summed E-state index contributed by atoms with van der Waals surface area (Å²) in [6.07, 6.45) is 10.6. The first-order chi connectivity index (χ1) is 7.68. The SMILES string of the molecule is CC(C)CCCC(C)NCC1CCC=CO1. The Bertz CT molecular complexity index is 201. The molecule has 0 spiro atoms. The first-order valence-electron chi connectivity index (χ1n) is 6.72. The van der Waals surface area contributed by atoms with Crippen molar-refractivity contribution < 1.29 is 4.74 Å². The van der Waals surface area contributed by atoms with Crippen molar-refractivity contribution in [1.82, 2.24) is 5.32 Å². The van der Waals surface area contributed by atoms with Gasteiger partial charge in [-0.3, -0.25) is 0 Å². The van der Waals surface area contributed by atoms with Gasteiger partial charge >= 0.3 is 0 Å². The van der Waals surface area contributed by atoms with Gasteiger partial charge in [0.05, 0.1) is 6.26 Å². The molecule has 1 heterocycles. The van der Waals surface area contributed by atoms with Crippen LogP contribution in [0.3, 0.4) is 0 Å². The highest BCUT2D eigenvalue weighted by Gasteiger charge is 2.11. The van der Waals surface area contributed by atoms with Crippen LogP contribution >= 0.6 is 0 Å². The molecule has 94 valence electrons. The first-order valence-corrected chi connectivity index (χ1v) is 6.72. The lowest BCUT2D eigenvalue weighted by atomic mass is 10.0. The predicted molar refractivity (Wildman–Crippen MR) is 69.4 cm³/mol. The molecule has 0 aromatic rings. The van der Waals surface area contributed by atoms with E-state index in [1.54, 1.807) is 0 Å². The third kappa shape index (κ3) is 6.16. The van der Waals surface area contributed by atoms with Gasteiger partial charge in [0, 0.05) is 12.6 Å². The molecular weight excluding hydrogens is 198 g/mol. The molecule has 0 aromatic carbocycles. The van der Waals surface area contributed by atoms with Gasteiger partial charge in [0.1, 0.15) is 6.10 Å².